The van der Waals surface area contributed by atoms with Gasteiger partial charge >= 0.3 is 5.97 Å². The van der Waals surface area contributed by atoms with Gasteiger partial charge in [-0.25, -0.2) is 8.42 Å². The predicted octanol–water partition coefficient (Wildman–Crippen LogP) is 1.94. The number of tetrazole rings is 1. The summed E-state index contributed by atoms with van der Waals surface area (Å²) in [7, 11) is -3.89. The molecule has 2 heterocycles. The number of para-hydroxylation sites is 1. The molecule has 0 aliphatic carbocycles. The molecule has 1 aliphatic heterocycles. The maximum absolute atomic E-state index is 13.1. The molecule has 1 saturated heterocycles. The molecule has 0 N–H and O–H groups in total. The van der Waals surface area contributed by atoms with Gasteiger partial charge in [0.15, 0.2) is 5.79 Å². The van der Waals surface area contributed by atoms with Crippen LogP contribution in [-0.4, -0.2) is 64.9 Å². The number of carbonyl (C=O) groups excluding carboxylic acids is 1. The van der Waals surface area contributed by atoms with Crippen LogP contribution < -0.4 is 0 Å². The van der Waals surface area contributed by atoms with Crippen LogP contribution >= 0.6 is 0 Å². The first-order valence-electron chi connectivity index (χ1n) is 10.1. The molecule has 0 bridgehead atoms. The lowest BCUT2D eigenvalue weighted by Gasteiger charge is -2.40. The molecular formula is C20H28N4O6S. The second-order valence-corrected chi connectivity index (χ2v) is 10.3. The highest BCUT2D eigenvalue weighted by Gasteiger charge is 2.40. The Kier molecular flexibility index (Phi) is 7.07. The minimum absolute atomic E-state index is 0.0256. The number of esters is 1. The van der Waals surface area contributed by atoms with E-state index in [1.807, 2.05) is 19.9 Å². The van der Waals surface area contributed by atoms with Gasteiger partial charge in [0.1, 0.15) is 0 Å². The number of hydrogen-bond acceptors (Lipinski definition) is 9. The SMILES string of the molecule is CC(C)COC(=O)CC1CC(CS(=O)(=O)c2nnnn2-c2ccccc2)OC(C)(C)O1. The Morgan fingerprint density at radius 2 is 1.90 bits per heavy atom. The molecule has 11 heteroatoms. The molecule has 0 amide bonds. The molecule has 2 atom stereocenters. The Morgan fingerprint density at radius 1 is 1.23 bits per heavy atom. The van der Waals surface area contributed by atoms with Gasteiger partial charge in [0, 0.05) is 6.42 Å². The van der Waals surface area contributed by atoms with Crippen LogP contribution in [0.15, 0.2) is 35.5 Å². The second-order valence-electron chi connectivity index (χ2n) is 8.39. The van der Waals surface area contributed by atoms with Crippen molar-refractivity contribution in [1.82, 2.24) is 20.2 Å². The van der Waals surface area contributed by atoms with Crippen molar-refractivity contribution < 1.29 is 27.4 Å². The molecule has 0 radical (unpaired) electrons. The van der Waals surface area contributed by atoms with E-state index in [0.29, 0.717) is 12.3 Å². The third-order valence-electron chi connectivity index (χ3n) is 4.52. The lowest BCUT2D eigenvalue weighted by molar-refractivity contribution is -0.295. The van der Waals surface area contributed by atoms with E-state index in [1.165, 1.54) is 4.68 Å². The number of benzene rings is 1. The number of rotatable bonds is 8. The smallest absolute Gasteiger partial charge is 0.308 e. The fraction of sp³-hybridized carbons (Fsp3) is 0.600. The molecule has 31 heavy (non-hydrogen) atoms. The zero-order valence-corrected chi connectivity index (χ0v) is 18.9. The molecule has 3 rings (SSSR count). The van der Waals surface area contributed by atoms with E-state index in [1.54, 1.807) is 38.1 Å². The van der Waals surface area contributed by atoms with Gasteiger partial charge in [0.25, 0.3) is 5.16 Å². The summed E-state index contributed by atoms with van der Waals surface area (Å²) in [6, 6.07) is 8.76. The Bertz CT molecular complexity index is 990. The van der Waals surface area contributed by atoms with Crippen LogP contribution in [0, 0.1) is 5.92 Å². The molecule has 1 aromatic heterocycles. The first-order chi connectivity index (χ1) is 14.6. The summed E-state index contributed by atoms with van der Waals surface area (Å²) < 4.78 is 44.3. The Morgan fingerprint density at radius 3 is 2.58 bits per heavy atom. The first-order valence-corrected chi connectivity index (χ1v) is 11.8. The van der Waals surface area contributed by atoms with Gasteiger partial charge in [-0.1, -0.05) is 37.1 Å². The molecule has 10 nitrogen and oxygen atoms in total. The van der Waals surface area contributed by atoms with Crippen molar-refractivity contribution in [2.45, 2.75) is 63.7 Å². The molecule has 1 aromatic carbocycles. The van der Waals surface area contributed by atoms with Crippen molar-refractivity contribution in [1.29, 1.82) is 0 Å². The van der Waals surface area contributed by atoms with Gasteiger partial charge in [-0.05, 0) is 42.3 Å². The van der Waals surface area contributed by atoms with Crippen molar-refractivity contribution in [3.63, 3.8) is 0 Å². The normalized spacial score (nSPS) is 21.2. The van der Waals surface area contributed by atoms with E-state index in [0.717, 1.165) is 0 Å². The van der Waals surface area contributed by atoms with Gasteiger partial charge in [-0.15, -0.1) is 0 Å². The fourth-order valence-electron chi connectivity index (χ4n) is 3.37. The lowest BCUT2D eigenvalue weighted by atomic mass is 10.1. The average molecular weight is 453 g/mol. The van der Waals surface area contributed by atoms with E-state index >= 15 is 0 Å². The Hall–Kier alpha value is -2.37. The average Bonchev–Trinajstić information content (AvgIpc) is 3.16. The first kappa shape index (κ1) is 23.3. The second kappa shape index (κ2) is 9.41. The summed E-state index contributed by atoms with van der Waals surface area (Å²) in [5.74, 6) is -1.55. The zero-order chi connectivity index (χ0) is 22.6. The van der Waals surface area contributed by atoms with Crippen molar-refractivity contribution in [3.05, 3.63) is 30.3 Å². The topological polar surface area (TPSA) is 123 Å². The third-order valence-corrected chi connectivity index (χ3v) is 6.15. The fourth-order valence-corrected chi connectivity index (χ4v) is 4.78. The van der Waals surface area contributed by atoms with Crippen LogP contribution in [0.1, 0.15) is 40.5 Å². The van der Waals surface area contributed by atoms with Gasteiger partial charge < -0.3 is 14.2 Å². The largest absolute Gasteiger partial charge is 0.465 e. The number of sulfone groups is 1. The van der Waals surface area contributed by atoms with Crippen LogP contribution in [-0.2, 0) is 28.8 Å². The minimum atomic E-state index is -3.89. The van der Waals surface area contributed by atoms with E-state index in [4.69, 9.17) is 14.2 Å². The minimum Gasteiger partial charge on any atom is -0.465 e. The molecule has 170 valence electrons. The maximum Gasteiger partial charge on any atom is 0.308 e. The van der Waals surface area contributed by atoms with Crippen molar-refractivity contribution in [2.75, 3.05) is 12.4 Å². The number of nitrogens with zero attached hydrogens (tertiary/aromatic N) is 4. The van der Waals surface area contributed by atoms with Gasteiger partial charge in [-0.3, -0.25) is 4.79 Å². The van der Waals surface area contributed by atoms with E-state index in [-0.39, 0.29) is 35.6 Å². The summed E-state index contributed by atoms with van der Waals surface area (Å²) in [5, 5.41) is 10.8. The van der Waals surface area contributed by atoms with E-state index < -0.39 is 27.8 Å². The molecule has 2 aromatic rings. The monoisotopic (exact) mass is 452 g/mol. The summed E-state index contributed by atoms with van der Waals surface area (Å²) >= 11 is 0. The number of hydrogen-bond donors (Lipinski definition) is 0. The molecule has 0 spiro atoms. The number of aromatic nitrogens is 4. The van der Waals surface area contributed by atoms with Crippen molar-refractivity contribution in [3.8, 4) is 5.69 Å². The number of carbonyl (C=O) groups is 1. The van der Waals surface area contributed by atoms with Crippen LogP contribution in [0.2, 0.25) is 0 Å². The van der Waals surface area contributed by atoms with Crippen LogP contribution in [0.5, 0.6) is 0 Å². The van der Waals surface area contributed by atoms with Gasteiger partial charge in [0.2, 0.25) is 9.84 Å². The highest BCUT2D eigenvalue weighted by molar-refractivity contribution is 7.91. The van der Waals surface area contributed by atoms with Crippen molar-refractivity contribution in [2.24, 2.45) is 5.92 Å². The summed E-state index contributed by atoms with van der Waals surface area (Å²) in [6.07, 6.45) is -0.962. The van der Waals surface area contributed by atoms with Crippen LogP contribution in [0.3, 0.4) is 0 Å². The predicted molar refractivity (Wildman–Crippen MR) is 110 cm³/mol. The van der Waals surface area contributed by atoms with Crippen molar-refractivity contribution >= 4 is 15.8 Å². The van der Waals surface area contributed by atoms with Gasteiger partial charge in [0.05, 0.1) is 36.7 Å². The third kappa shape index (κ3) is 6.31. The Labute approximate surface area is 181 Å². The van der Waals surface area contributed by atoms with E-state index in [2.05, 4.69) is 15.5 Å². The summed E-state index contributed by atoms with van der Waals surface area (Å²) in [5.41, 5.74) is 0.532. The molecule has 2 unspecified atom stereocenters. The van der Waals surface area contributed by atoms with Crippen LogP contribution in [0.4, 0.5) is 0 Å². The van der Waals surface area contributed by atoms with E-state index in [9.17, 15) is 13.2 Å². The molecule has 1 aliphatic rings. The zero-order valence-electron chi connectivity index (χ0n) is 18.1. The summed E-state index contributed by atoms with van der Waals surface area (Å²) in [6.45, 7) is 7.60. The van der Waals surface area contributed by atoms with Crippen LogP contribution in [0.25, 0.3) is 5.69 Å². The highest BCUT2D eigenvalue weighted by atomic mass is 32.2. The highest BCUT2D eigenvalue weighted by Crippen LogP contribution is 2.30. The lowest BCUT2D eigenvalue weighted by Crippen LogP contribution is -2.47. The standard InChI is InChI=1S/C20H28N4O6S/c1-14(2)12-28-18(25)11-16-10-17(30-20(3,4)29-16)13-31(26,27)19-21-22-23-24(19)15-8-6-5-7-9-15/h5-9,14,16-17H,10-13H2,1-4H3. The number of ether oxygens (including phenoxy) is 3. The molecule has 1 fully saturated rings. The maximum atomic E-state index is 13.1. The summed E-state index contributed by atoms with van der Waals surface area (Å²) in [4.78, 5) is 12.1. The van der Waals surface area contributed by atoms with Gasteiger partial charge in [-0.2, -0.15) is 4.68 Å². The molecule has 0 saturated carbocycles. The quantitative estimate of drug-likeness (QED) is 0.553. The molecular weight excluding hydrogens is 424 g/mol. The Balaban J connectivity index is 1.72.